The van der Waals surface area contributed by atoms with Gasteiger partial charge in [-0.1, -0.05) is 19.9 Å². The van der Waals surface area contributed by atoms with Gasteiger partial charge in [0.1, 0.15) is 18.2 Å². The molecular weight excluding hydrogens is 494 g/mol. The van der Waals surface area contributed by atoms with Gasteiger partial charge in [-0.3, -0.25) is 14.9 Å². The van der Waals surface area contributed by atoms with Crippen LogP contribution in [-0.2, 0) is 15.3 Å². The Bertz CT molecular complexity index is 1170. The number of carbonyl (C=O) groups is 1. The molecule has 4 heterocycles. The maximum Gasteiger partial charge on any atom is 0.208 e. The number of rotatable bonds is 8. The first-order valence-corrected chi connectivity index (χ1v) is 14.0. The van der Waals surface area contributed by atoms with Crippen molar-refractivity contribution in [3.8, 4) is 0 Å². The van der Waals surface area contributed by atoms with Crippen molar-refractivity contribution in [2.24, 2.45) is 11.1 Å². The number of aromatic nitrogens is 3. The molecule has 3 atom stereocenters. The fourth-order valence-electron chi connectivity index (χ4n) is 4.80. The zero-order chi connectivity index (χ0) is 25.5. The van der Waals surface area contributed by atoms with Gasteiger partial charge < -0.3 is 14.2 Å². The van der Waals surface area contributed by atoms with Crippen LogP contribution in [0.15, 0.2) is 36.9 Å². The van der Waals surface area contributed by atoms with Crippen molar-refractivity contribution >= 4 is 35.2 Å². The van der Waals surface area contributed by atoms with Crippen LogP contribution in [0.3, 0.4) is 0 Å². The summed E-state index contributed by atoms with van der Waals surface area (Å²) in [6, 6.07) is 6.23. The molecule has 36 heavy (non-hydrogen) atoms. The molecule has 3 aromatic heterocycles. The van der Waals surface area contributed by atoms with Crippen LogP contribution < -0.4 is 10.5 Å². The van der Waals surface area contributed by atoms with Gasteiger partial charge in [-0.15, -0.1) is 11.3 Å². The highest BCUT2D eigenvalue weighted by Gasteiger charge is 2.30. The molecule has 0 saturated heterocycles. The molecule has 192 valence electrons. The normalized spacial score (nSPS) is 20.8. The summed E-state index contributed by atoms with van der Waals surface area (Å²) in [7, 11) is 0. The third kappa shape index (κ3) is 5.95. The van der Waals surface area contributed by atoms with E-state index < -0.39 is 0 Å². The molecule has 0 bridgehead atoms. The number of nitrogens with two attached hydrogens (primary N) is 1. The average Bonchev–Trinajstić information content (AvgIpc) is 3.54. The number of ketones is 1. The van der Waals surface area contributed by atoms with Crippen molar-refractivity contribution in [1.29, 1.82) is 0 Å². The highest BCUT2D eigenvalue weighted by atomic mass is 32.2. The average molecular weight is 528 g/mol. The zero-order valence-electron chi connectivity index (χ0n) is 20.9. The number of aryl methyl sites for hydroxylation is 1. The van der Waals surface area contributed by atoms with Crippen LogP contribution in [0.4, 0.5) is 5.82 Å². The fourth-order valence-corrected chi connectivity index (χ4v) is 6.07. The topological polar surface area (TPSA) is 112 Å². The molecule has 1 aliphatic heterocycles. The molecule has 1 fully saturated rings. The molecule has 3 unspecified atom stereocenters. The fraction of sp³-hybridized carbons (Fsp3) is 0.462. The minimum atomic E-state index is -0.253. The van der Waals surface area contributed by atoms with Crippen molar-refractivity contribution in [3.05, 3.63) is 69.1 Å². The number of nitrogens with zero attached hydrogens (tertiary/aromatic N) is 3. The molecule has 10 heteroatoms. The molecule has 0 spiro atoms. The molecule has 0 aromatic carbocycles. The summed E-state index contributed by atoms with van der Waals surface area (Å²) in [5.41, 5.74) is 3.61. The smallest absolute Gasteiger partial charge is 0.208 e. The molecule has 3 aromatic rings. The molecule has 0 radical (unpaired) electrons. The van der Waals surface area contributed by atoms with Gasteiger partial charge in [0.2, 0.25) is 5.78 Å². The Hall–Kier alpha value is -2.37. The number of fused-ring (bicyclic) bond motifs is 1. The Kier molecular flexibility index (Phi) is 9.44. The minimum Gasteiger partial charge on any atom is -0.367 e. The van der Waals surface area contributed by atoms with E-state index in [1.165, 1.54) is 23.2 Å². The van der Waals surface area contributed by atoms with Crippen LogP contribution in [0.2, 0.25) is 0 Å². The van der Waals surface area contributed by atoms with E-state index >= 15 is 0 Å². The zero-order valence-corrected chi connectivity index (χ0v) is 22.5. The summed E-state index contributed by atoms with van der Waals surface area (Å²) in [5.74, 6) is 0.939. The number of pyridine rings is 1. The Balaban J connectivity index is 0.00000148. The Labute approximate surface area is 220 Å². The first-order valence-electron chi connectivity index (χ1n) is 12.4. The molecule has 8 nitrogen and oxygen atoms in total. The third-order valence-corrected chi connectivity index (χ3v) is 7.84. The van der Waals surface area contributed by atoms with Crippen molar-refractivity contribution in [3.63, 3.8) is 0 Å². The number of thiophene rings is 1. The maximum atomic E-state index is 13.5. The summed E-state index contributed by atoms with van der Waals surface area (Å²) in [4.78, 5) is 28.3. The summed E-state index contributed by atoms with van der Waals surface area (Å²) in [6.07, 6.45) is 8.46. The van der Waals surface area contributed by atoms with E-state index in [4.69, 9.17) is 14.1 Å². The second kappa shape index (κ2) is 12.7. The number of ether oxygens (including phenoxy) is 1. The Morgan fingerprint density at radius 1 is 1.33 bits per heavy atom. The van der Waals surface area contributed by atoms with Gasteiger partial charge in [-0.2, -0.15) is 0 Å². The van der Waals surface area contributed by atoms with Crippen LogP contribution in [0, 0.1) is 12.8 Å². The molecule has 5 rings (SSSR count). The quantitative estimate of drug-likeness (QED) is 0.229. The monoisotopic (exact) mass is 527 g/mol. The summed E-state index contributed by atoms with van der Waals surface area (Å²) >= 11 is 2.39. The highest BCUT2D eigenvalue weighted by Crippen LogP contribution is 2.37. The standard InChI is InChI=1S/C24H27N5O3S2.C2H6/c1-14-18(23-21-16(6-8-31-23)3-2-7-27-21)10-20(33-14)22(30)19-11-26-13-28-24(19)29-17-5-4-15(9-17)12-32-34-25;1-2/h2-3,7,10-11,13,15,17,23H,4-6,8-9,12,25H2,1H3,(H,26,28,29);1-2H3. The predicted molar refractivity (Wildman–Crippen MR) is 144 cm³/mol. The maximum absolute atomic E-state index is 13.5. The van der Waals surface area contributed by atoms with Gasteiger partial charge in [-0.05, 0) is 56.2 Å². The molecule has 1 aliphatic carbocycles. The number of nitrogens with one attached hydrogen (secondary N) is 1. The lowest BCUT2D eigenvalue weighted by atomic mass is 9.98. The van der Waals surface area contributed by atoms with E-state index in [1.54, 1.807) is 12.4 Å². The predicted octanol–water partition coefficient (Wildman–Crippen LogP) is 5.28. The van der Waals surface area contributed by atoms with Crippen LogP contribution in [0.5, 0.6) is 0 Å². The SMILES string of the molecule is CC.Cc1sc(C(=O)c2cncnc2NC2CCC(COSN)C2)cc1C1OCCc2cccnc21. The van der Waals surface area contributed by atoms with Crippen LogP contribution >= 0.6 is 23.6 Å². The van der Waals surface area contributed by atoms with Crippen molar-refractivity contribution < 1.29 is 13.7 Å². The van der Waals surface area contributed by atoms with Gasteiger partial charge in [-0.25, -0.2) is 9.97 Å². The van der Waals surface area contributed by atoms with Gasteiger partial charge in [0.25, 0.3) is 0 Å². The number of hydrogen-bond donors (Lipinski definition) is 2. The first-order chi connectivity index (χ1) is 17.6. The lowest BCUT2D eigenvalue weighted by Gasteiger charge is -2.25. The van der Waals surface area contributed by atoms with Gasteiger partial charge in [0.05, 0.1) is 41.6 Å². The molecule has 3 N–H and O–H groups in total. The molecule has 0 amide bonds. The minimum absolute atomic E-state index is 0.0862. The van der Waals surface area contributed by atoms with Crippen LogP contribution in [-0.4, -0.2) is 40.0 Å². The van der Waals surface area contributed by atoms with Gasteiger partial charge >= 0.3 is 0 Å². The van der Waals surface area contributed by atoms with Crippen molar-refractivity contribution in [1.82, 2.24) is 15.0 Å². The summed E-state index contributed by atoms with van der Waals surface area (Å²) in [5, 5.41) is 8.84. The lowest BCUT2D eigenvalue weighted by Crippen LogP contribution is -2.20. The van der Waals surface area contributed by atoms with Crippen LogP contribution in [0.25, 0.3) is 0 Å². The van der Waals surface area contributed by atoms with Gasteiger partial charge in [0.15, 0.2) is 0 Å². The Morgan fingerprint density at radius 3 is 3.03 bits per heavy atom. The molecule has 2 aliphatic rings. The van der Waals surface area contributed by atoms with Crippen molar-refractivity contribution in [2.45, 2.75) is 58.6 Å². The van der Waals surface area contributed by atoms with E-state index in [-0.39, 0.29) is 17.9 Å². The molecule has 1 saturated carbocycles. The van der Waals surface area contributed by atoms with E-state index in [2.05, 4.69) is 26.3 Å². The second-order valence-corrected chi connectivity index (χ2v) is 10.4. The van der Waals surface area contributed by atoms with E-state index in [0.717, 1.165) is 54.0 Å². The number of hydrogen-bond acceptors (Lipinski definition) is 10. The number of carbonyl (C=O) groups excluding carboxylic acids is 1. The largest absolute Gasteiger partial charge is 0.367 e. The first kappa shape index (κ1) is 26.7. The van der Waals surface area contributed by atoms with Gasteiger partial charge in [0, 0.05) is 28.9 Å². The number of anilines is 1. The van der Waals surface area contributed by atoms with Crippen LogP contribution in [0.1, 0.15) is 76.1 Å². The van der Waals surface area contributed by atoms with E-state index in [1.807, 2.05) is 32.9 Å². The summed E-state index contributed by atoms with van der Waals surface area (Å²) in [6.45, 7) is 7.30. The molecular formula is C26H33N5O3S2. The van der Waals surface area contributed by atoms with E-state index in [0.29, 0.717) is 35.4 Å². The summed E-state index contributed by atoms with van der Waals surface area (Å²) < 4.78 is 11.4. The lowest BCUT2D eigenvalue weighted by molar-refractivity contribution is 0.0663. The Morgan fingerprint density at radius 2 is 2.19 bits per heavy atom. The van der Waals surface area contributed by atoms with E-state index in [9.17, 15) is 4.79 Å². The van der Waals surface area contributed by atoms with Crippen molar-refractivity contribution in [2.75, 3.05) is 18.5 Å². The third-order valence-electron chi connectivity index (χ3n) is 6.50. The highest BCUT2D eigenvalue weighted by molar-refractivity contribution is 7.92. The second-order valence-electron chi connectivity index (χ2n) is 8.69.